The van der Waals surface area contributed by atoms with Gasteiger partial charge in [-0.2, -0.15) is 5.10 Å². The molecule has 0 aliphatic rings. The first kappa shape index (κ1) is 27.0. The van der Waals surface area contributed by atoms with Gasteiger partial charge < -0.3 is 14.2 Å². The van der Waals surface area contributed by atoms with Crippen LogP contribution in [0.4, 0.5) is 0 Å². The zero-order chi connectivity index (χ0) is 25.0. The number of hydrazone groups is 1. The van der Waals surface area contributed by atoms with Gasteiger partial charge >= 0.3 is 0 Å². The number of amides is 1. The molecule has 0 spiro atoms. The number of allylic oxidation sites excluding steroid dienone is 1. The fourth-order valence-corrected chi connectivity index (χ4v) is 5.28. The Balaban J connectivity index is 1.51. The van der Waals surface area contributed by atoms with Crippen molar-refractivity contribution in [3.8, 4) is 17.2 Å². The Morgan fingerprint density at radius 1 is 1.23 bits per heavy atom. The molecule has 3 rings (SSSR count). The molecular formula is C24H25IN4O4S2. The van der Waals surface area contributed by atoms with Gasteiger partial charge in [0.25, 0.3) is 5.91 Å². The summed E-state index contributed by atoms with van der Waals surface area (Å²) in [6.07, 6.45) is 4.15. The lowest BCUT2D eigenvalue weighted by atomic mass is 10.1. The van der Waals surface area contributed by atoms with Crippen LogP contribution in [-0.4, -0.2) is 48.4 Å². The predicted molar refractivity (Wildman–Crippen MR) is 148 cm³/mol. The number of aryl methyl sites for hydroxylation is 1. The van der Waals surface area contributed by atoms with Crippen LogP contribution >= 0.6 is 45.7 Å². The molecule has 0 bridgehead atoms. The molecule has 11 heteroatoms. The van der Waals surface area contributed by atoms with E-state index in [1.807, 2.05) is 43.3 Å². The number of hydrogen-bond donors (Lipinski definition) is 1. The number of benzene rings is 2. The number of para-hydroxylation sites is 1. The Bertz CT molecular complexity index is 1190. The van der Waals surface area contributed by atoms with E-state index in [4.69, 9.17) is 14.2 Å². The van der Waals surface area contributed by atoms with E-state index in [2.05, 4.69) is 49.9 Å². The molecule has 35 heavy (non-hydrogen) atoms. The van der Waals surface area contributed by atoms with Crippen molar-refractivity contribution in [2.45, 2.75) is 17.7 Å². The number of thioether (sulfide) groups is 1. The molecule has 0 unspecified atom stereocenters. The molecule has 0 saturated carbocycles. The quantitative estimate of drug-likeness (QED) is 0.0723. The second-order valence-corrected chi connectivity index (χ2v) is 10.6. The molecule has 0 saturated heterocycles. The monoisotopic (exact) mass is 624 g/mol. The fourth-order valence-electron chi connectivity index (χ4n) is 2.89. The molecular weight excluding hydrogens is 599 g/mol. The van der Waals surface area contributed by atoms with E-state index in [9.17, 15) is 4.79 Å². The lowest BCUT2D eigenvalue weighted by Gasteiger charge is -2.15. The summed E-state index contributed by atoms with van der Waals surface area (Å²) < 4.78 is 18.9. The summed E-state index contributed by atoms with van der Waals surface area (Å²) in [5.41, 5.74) is 4.37. The first-order valence-corrected chi connectivity index (χ1v) is 13.4. The minimum atomic E-state index is -0.226. The molecule has 0 radical (unpaired) electrons. The van der Waals surface area contributed by atoms with E-state index in [1.54, 1.807) is 19.4 Å². The molecule has 1 N–H and O–H groups in total. The SMILES string of the molecule is C=CCc1ccccc1OCCOc1c(I)cc(/C=N/NC(=O)CSc2nnc(C)s2)cc1OC. The average Bonchev–Trinajstić information content (AvgIpc) is 3.27. The zero-order valence-corrected chi connectivity index (χ0v) is 23.1. The van der Waals surface area contributed by atoms with Crippen LogP contribution in [-0.2, 0) is 11.2 Å². The molecule has 1 heterocycles. The van der Waals surface area contributed by atoms with E-state index in [0.717, 1.165) is 36.2 Å². The van der Waals surface area contributed by atoms with Crippen LogP contribution in [0.25, 0.3) is 0 Å². The van der Waals surface area contributed by atoms with Gasteiger partial charge in [-0.1, -0.05) is 47.4 Å². The number of nitrogens with one attached hydrogen (secondary N) is 1. The summed E-state index contributed by atoms with van der Waals surface area (Å²) >= 11 is 4.95. The lowest BCUT2D eigenvalue weighted by Crippen LogP contribution is -2.19. The molecule has 0 aliphatic carbocycles. The summed E-state index contributed by atoms with van der Waals surface area (Å²) in [4.78, 5) is 12.0. The number of carbonyl (C=O) groups is 1. The number of rotatable bonds is 13. The standard InChI is InChI=1S/C24H25IN4O4S2/c1-4-7-18-8-5-6-9-20(18)32-10-11-33-23-19(25)12-17(13-21(23)31-3)14-26-28-22(30)15-34-24-29-27-16(2)35-24/h4-6,8-9,12-14H,1,7,10-11,15H2,2-3H3,(H,28,30)/b26-14+. The number of hydrogen-bond acceptors (Lipinski definition) is 9. The van der Waals surface area contributed by atoms with Crippen molar-refractivity contribution in [3.05, 3.63) is 68.8 Å². The van der Waals surface area contributed by atoms with E-state index in [0.29, 0.717) is 24.7 Å². The molecule has 3 aromatic rings. The Morgan fingerprint density at radius 3 is 2.77 bits per heavy atom. The highest BCUT2D eigenvalue weighted by molar-refractivity contribution is 14.1. The predicted octanol–water partition coefficient (Wildman–Crippen LogP) is 4.89. The number of aromatic nitrogens is 2. The van der Waals surface area contributed by atoms with Crippen LogP contribution in [0, 0.1) is 10.5 Å². The Labute approximate surface area is 226 Å². The van der Waals surface area contributed by atoms with Crippen LogP contribution in [0.3, 0.4) is 0 Å². The lowest BCUT2D eigenvalue weighted by molar-refractivity contribution is -0.118. The van der Waals surface area contributed by atoms with Gasteiger partial charge in [0.05, 0.1) is 22.6 Å². The Kier molecular flexibility index (Phi) is 10.8. The van der Waals surface area contributed by atoms with Gasteiger partial charge in [0, 0.05) is 0 Å². The summed E-state index contributed by atoms with van der Waals surface area (Å²) in [5.74, 6) is 2.00. The van der Waals surface area contributed by atoms with Crippen molar-refractivity contribution in [2.75, 3.05) is 26.1 Å². The third kappa shape index (κ3) is 8.51. The molecule has 1 aromatic heterocycles. The molecule has 2 aromatic carbocycles. The van der Waals surface area contributed by atoms with Crippen LogP contribution < -0.4 is 19.6 Å². The van der Waals surface area contributed by atoms with Crippen molar-refractivity contribution in [2.24, 2.45) is 5.10 Å². The van der Waals surface area contributed by atoms with Crippen molar-refractivity contribution in [1.29, 1.82) is 0 Å². The van der Waals surface area contributed by atoms with Crippen molar-refractivity contribution in [1.82, 2.24) is 15.6 Å². The highest BCUT2D eigenvalue weighted by Gasteiger charge is 2.12. The summed E-state index contributed by atoms with van der Waals surface area (Å²) in [7, 11) is 1.58. The second kappa shape index (κ2) is 14.0. The topological polar surface area (TPSA) is 94.9 Å². The average molecular weight is 625 g/mol. The van der Waals surface area contributed by atoms with E-state index in [1.165, 1.54) is 23.1 Å². The van der Waals surface area contributed by atoms with Gasteiger partial charge in [0.15, 0.2) is 15.8 Å². The maximum atomic E-state index is 12.0. The van der Waals surface area contributed by atoms with E-state index < -0.39 is 0 Å². The van der Waals surface area contributed by atoms with Crippen LogP contribution in [0.15, 0.2) is 58.5 Å². The zero-order valence-electron chi connectivity index (χ0n) is 19.3. The third-order valence-corrected chi connectivity index (χ3v) is 7.19. The first-order valence-electron chi connectivity index (χ1n) is 10.6. The van der Waals surface area contributed by atoms with Gasteiger partial charge in [-0.3, -0.25) is 4.79 Å². The summed E-state index contributed by atoms with van der Waals surface area (Å²) in [6.45, 7) is 6.40. The van der Waals surface area contributed by atoms with Gasteiger partial charge in [-0.25, -0.2) is 5.43 Å². The van der Waals surface area contributed by atoms with Crippen LogP contribution in [0.5, 0.6) is 17.2 Å². The van der Waals surface area contributed by atoms with Crippen molar-refractivity contribution < 1.29 is 19.0 Å². The van der Waals surface area contributed by atoms with Crippen LogP contribution in [0.2, 0.25) is 0 Å². The fraction of sp³-hybridized carbons (Fsp3) is 0.250. The maximum Gasteiger partial charge on any atom is 0.250 e. The third-order valence-electron chi connectivity index (χ3n) is 4.41. The van der Waals surface area contributed by atoms with E-state index >= 15 is 0 Å². The molecule has 0 aliphatic heterocycles. The van der Waals surface area contributed by atoms with Gasteiger partial charge in [0.2, 0.25) is 0 Å². The Morgan fingerprint density at radius 2 is 2.03 bits per heavy atom. The van der Waals surface area contributed by atoms with Crippen molar-refractivity contribution >= 4 is 57.8 Å². The summed E-state index contributed by atoms with van der Waals surface area (Å²) in [6, 6.07) is 11.6. The van der Waals surface area contributed by atoms with Crippen molar-refractivity contribution in [3.63, 3.8) is 0 Å². The molecule has 184 valence electrons. The number of ether oxygens (including phenoxy) is 3. The smallest absolute Gasteiger partial charge is 0.250 e. The van der Waals surface area contributed by atoms with Gasteiger partial charge in [0.1, 0.15) is 24.0 Å². The minimum absolute atomic E-state index is 0.208. The molecule has 1 amide bonds. The summed E-state index contributed by atoms with van der Waals surface area (Å²) in [5, 5.41) is 12.8. The first-order chi connectivity index (χ1) is 17.0. The highest BCUT2D eigenvalue weighted by atomic mass is 127. The number of nitrogens with zero attached hydrogens (tertiary/aromatic N) is 3. The second-order valence-electron chi connectivity index (χ2n) is 7.00. The maximum absolute atomic E-state index is 12.0. The molecule has 8 nitrogen and oxygen atoms in total. The molecule has 0 fully saturated rings. The largest absolute Gasteiger partial charge is 0.493 e. The highest BCUT2D eigenvalue weighted by Crippen LogP contribution is 2.33. The number of carbonyl (C=O) groups excluding carboxylic acids is 1. The van der Waals surface area contributed by atoms with Gasteiger partial charge in [-0.15, -0.1) is 16.8 Å². The Hall–Kier alpha value is -2.64. The molecule has 0 atom stereocenters. The van der Waals surface area contributed by atoms with Gasteiger partial charge in [-0.05, 0) is 65.3 Å². The number of methoxy groups -OCH3 is 1. The van der Waals surface area contributed by atoms with E-state index in [-0.39, 0.29) is 11.7 Å². The van der Waals surface area contributed by atoms with Crippen LogP contribution in [0.1, 0.15) is 16.1 Å². The minimum Gasteiger partial charge on any atom is -0.493 e. The number of halogens is 1. The normalized spacial score (nSPS) is 10.8.